The molecule has 0 saturated heterocycles. The van der Waals surface area contributed by atoms with Crippen LogP contribution in [0.5, 0.6) is 5.75 Å². The molecule has 0 spiro atoms. The number of phenols is 1. The molecule has 3 nitrogen and oxygen atoms in total. The number of nitrogens with zero attached hydrogens (tertiary/aromatic N) is 2. The highest BCUT2D eigenvalue weighted by Crippen LogP contribution is 2.31. The Kier molecular flexibility index (Phi) is 4.66. The first-order valence-corrected chi connectivity index (χ1v) is 7.63. The van der Waals surface area contributed by atoms with Crippen molar-refractivity contribution in [2.75, 3.05) is 0 Å². The van der Waals surface area contributed by atoms with Gasteiger partial charge in [0.2, 0.25) is 0 Å². The maximum absolute atomic E-state index is 9.84. The third-order valence-corrected chi connectivity index (χ3v) is 4.45. The third-order valence-electron chi connectivity index (χ3n) is 3.12. The van der Waals surface area contributed by atoms with Crippen molar-refractivity contribution in [1.82, 2.24) is 9.97 Å². The number of hydrogen-bond donors (Lipinski definition) is 1. The molecule has 106 valence electrons. The van der Waals surface area contributed by atoms with Crippen LogP contribution in [0.25, 0.3) is 11.4 Å². The Morgan fingerprint density at radius 2 is 1.80 bits per heavy atom. The fraction of sp³-hybridized carbons (Fsp3) is 0.333. The monoisotopic (exact) mass is 354 g/mol. The lowest BCUT2D eigenvalue weighted by Crippen LogP contribution is -1.99. The van der Waals surface area contributed by atoms with Crippen LogP contribution in [0.1, 0.15) is 30.2 Å². The van der Waals surface area contributed by atoms with Crippen LogP contribution in [0.15, 0.2) is 16.6 Å². The van der Waals surface area contributed by atoms with Crippen LogP contribution >= 0.6 is 27.5 Å². The Bertz CT molecular complexity index is 636. The van der Waals surface area contributed by atoms with Crippen molar-refractivity contribution in [3.63, 3.8) is 0 Å². The number of aromatic hydroxyl groups is 1. The summed E-state index contributed by atoms with van der Waals surface area (Å²) < 4.78 is 0.761. The molecule has 0 amide bonds. The van der Waals surface area contributed by atoms with Crippen LogP contribution < -0.4 is 0 Å². The molecule has 2 rings (SSSR count). The summed E-state index contributed by atoms with van der Waals surface area (Å²) in [7, 11) is 0. The van der Waals surface area contributed by atoms with Gasteiger partial charge in [-0.05, 0) is 59.5 Å². The first-order chi connectivity index (χ1) is 9.43. The van der Waals surface area contributed by atoms with Crippen LogP contribution in [-0.2, 0) is 6.42 Å². The van der Waals surface area contributed by atoms with Crippen LogP contribution in [0.4, 0.5) is 0 Å². The van der Waals surface area contributed by atoms with Gasteiger partial charge >= 0.3 is 0 Å². The van der Waals surface area contributed by atoms with Crippen molar-refractivity contribution >= 4 is 27.5 Å². The molecule has 0 aliphatic heterocycles. The van der Waals surface area contributed by atoms with E-state index in [4.69, 9.17) is 11.6 Å². The molecule has 0 aliphatic carbocycles. The van der Waals surface area contributed by atoms with Gasteiger partial charge in [-0.2, -0.15) is 0 Å². The Labute approximate surface area is 132 Å². The Balaban J connectivity index is 2.58. The molecule has 0 aliphatic rings. The van der Waals surface area contributed by atoms with Crippen LogP contribution in [0, 0.1) is 13.8 Å². The molecule has 0 bridgehead atoms. The molecular weight excluding hydrogens is 340 g/mol. The molecule has 0 atom stereocenters. The minimum atomic E-state index is 0.311. The van der Waals surface area contributed by atoms with Gasteiger partial charge in [-0.3, -0.25) is 0 Å². The number of aryl methyl sites for hydroxylation is 3. The lowest BCUT2D eigenvalue weighted by Gasteiger charge is -2.10. The van der Waals surface area contributed by atoms with E-state index in [1.165, 1.54) is 0 Å². The number of rotatable bonds is 3. The minimum absolute atomic E-state index is 0.311. The average molecular weight is 356 g/mol. The molecule has 1 aromatic carbocycles. The fourth-order valence-electron chi connectivity index (χ4n) is 2.08. The summed E-state index contributed by atoms with van der Waals surface area (Å²) in [5.41, 5.74) is 3.38. The molecule has 0 fully saturated rings. The lowest BCUT2D eigenvalue weighted by molar-refractivity contribution is 0.467. The molecule has 0 radical (unpaired) electrons. The van der Waals surface area contributed by atoms with E-state index in [0.717, 1.165) is 39.7 Å². The van der Waals surface area contributed by atoms with E-state index in [0.29, 0.717) is 16.7 Å². The minimum Gasteiger partial charge on any atom is -0.507 e. The molecule has 1 aromatic heterocycles. The summed E-state index contributed by atoms with van der Waals surface area (Å²) in [4.78, 5) is 8.90. The molecular formula is C15H16BrClN2O. The highest BCUT2D eigenvalue weighted by molar-refractivity contribution is 9.10. The van der Waals surface area contributed by atoms with E-state index in [1.807, 2.05) is 26.0 Å². The Hall–Kier alpha value is -1.13. The van der Waals surface area contributed by atoms with E-state index in [1.54, 1.807) is 0 Å². The van der Waals surface area contributed by atoms with Gasteiger partial charge in [0, 0.05) is 5.56 Å². The summed E-state index contributed by atoms with van der Waals surface area (Å²) in [6, 6.07) is 3.75. The second-order valence-electron chi connectivity index (χ2n) is 4.81. The zero-order chi connectivity index (χ0) is 14.9. The topological polar surface area (TPSA) is 46.0 Å². The van der Waals surface area contributed by atoms with Crippen molar-refractivity contribution in [2.24, 2.45) is 0 Å². The first kappa shape index (κ1) is 15.3. The molecule has 2 aromatic rings. The summed E-state index contributed by atoms with van der Waals surface area (Å²) >= 11 is 9.60. The van der Waals surface area contributed by atoms with Crippen molar-refractivity contribution in [3.05, 3.63) is 38.6 Å². The molecule has 0 saturated carbocycles. The van der Waals surface area contributed by atoms with Crippen molar-refractivity contribution in [2.45, 2.75) is 33.6 Å². The van der Waals surface area contributed by atoms with Gasteiger partial charge in [-0.15, -0.1) is 0 Å². The van der Waals surface area contributed by atoms with E-state index in [2.05, 4.69) is 32.8 Å². The van der Waals surface area contributed by atoms with E-state index in [-0.39, 0.29) is 0 Å². The fourth-order valence-corrected chi connectivity index (χ4v) is 2.64. The van der Waals surface area contributed by atoms with Crippen LogP contribution in [0.3, 0.4) is 0 Å². The third kappa shape index (κ3) is 2.96. The predicted octanol–water partition coefficient (Wildman–Crippen LogP) is 4.83. The van der Waals surface area contributed by atoms with Gasteiger partial charge in [0.15, 0.2) is 5.82 Å². The van der Waals surface area contributed by atoms with E-state index in [9.17, 15) is 5.11 Å². The largest absolute Gasteiger partial charge is 0.507 e. The molecule has 0 unspecified atom stereocenters. The maximum Gasteiger partial charge on any atom is 0.161 e. The van der Waals surface area contributed by atoms with Crippen LogP contribution in [-0.4, -0.2) is 15.1 Å². The SMILES string of the molecule is CCCc1nc(-c2cc(C)c(O)c(C)c2)nc(Cl)c1Br. The Morgan fingerprint density at radius 3 is 2.35 bits per heavy atom. The van der Waals surface area contributed by atoms with Gasteiger partial charge in [-0.1, -0.05) is 24.9 Å². The first-order valence-electron chi connectivity index (χ1n) is 6.46. The second-order valence-corrected chi connectivity index (χ2v) is 5.96. The highest BCUT2D eigenvalue weighted by Gasteiger charge is 2.13. The van der Waals surface area contributed by atoms with Gasteiger partial charge in [-0.25, -0.2) is 9.97 Å². The number of hydrogen-bond acceptors (Lipinski definition) is 3. The number of halogens is 2. The number of phenolic OH excluding ortho intramolecular Hbond substituents is 1. The summed E-state index contributed by atoms with van der Waals surface area (Å²) in [5.74, 6) is 0.901. The summed E-state index contributed by atoms with van der Waals surface area (Å²) in [6.07, 6.45) is 1.82. The molecule has 20 heavy (non-hydrogen) atoms. The van der Waals surface area contributed by atoms with Crippen LogP contribution in [0.2, 0.25) is 5.15 Å². The predicted molar refractivity (Wildman–Crippen MR) is 85.3 cm³/mol. The maximum atomic E-state index is 9.84. The standard InChI is InChI=1S/C15H16BrClN2O/c1-4-5-11-12(16)14(17)19-15(18-11)10-6-8(2)13(20)9(3)7-10/h6-7,20H,4-5H2,1-3H3. The summed E-state index contributed by atoms with van der Waals surface area (Å²) in [5, 5.41) is 10.3. The van der Waals surface area contributed by atoms with Gasteiger partial charge in [0.1, 0.15) is 10.9 Å². The van der Waals surface area contributed by atoms with Gasteiger partial charge < -0.3 is 5.11 Å². The van der Waals surface area contributed by atoms with Gasteiger partial charge in [0.25, 0.3) is 0 Å². The van der Waals surface area contributed by atoms with Crippen molar-refractivity contribution in [1.29, 1.82) is 0 Å². The Morgan fingerprint density at radius 1 is 1.20 bits per heavy atom. The zero-order valence-electron chi connectivity index (χ0n) is 11.7. The molecule has 5 heteroatoms. The number of benzene rings is 1. The van der Waals surface area contributed by atoms with E-state index < -0.39 is 0 Å². The second kappa shape index (κ2) is 6.10. The summed E-state index contributed by atoms with van der Waals surface area (Å²) in [6.45, 7) is 5.81. The van der Waals surface area contributed by atoms with E-state index >= 15 is 0 Å². The normalized spacial score (nSPS) is 10.8. The quantitative estimate of drug-likeness (QED) is 0.802. The number of aromatic nitrogens is 2. The molecule has 1 heterocycles. The smallest absolute Gasteiger partial charge is 0.161 e. The average Bonchev–Trinajstić information content (AvgIpc) is 2.40. The molecule has 1 N–H and O–H groups in total. The lowest BCUT2D eigenvalue weighted by atomic mass is 10.1. The van der Waals surface area contributed by atoms with Gasteiger partial charge in [0.05, 0.1) is 10.2 Å². The van der Waals surface area contributed by atoms with Crippen molar-refractivity contribution < 1.29 is 5.11 Å². The van der Waals surface area contributed by atoms with Crippen molar-refractivity contribution in [3.8, 4) is 17.1 Å². The zero-order valence-corrected chi connectivity index (χ0v) is 14.0. The highest BCUT2D eigenvalue weighted by atomic mass is 79.9.